The summed E-state index contributed by atoms with van der Waals surface area (Å²) in [6.07, 6.45) is -3.30. The molecule has 0 spiro atoms. The number of benzene rings is 2. The molecule has 0 unspecified atom stereocenters. The van der Waals surface area contributed by atoms with Gasteiger partial charge in [0.15, 0.2) is 0 Å². The van der Waals surface area contributed by atoms with Gasteiger partial charge in [-0.05, 0) is 60.9 Å². The lowest BCUT2D eigenvalue weighted by Gasteiger charge is -2.30. The number of rotatable bonds is 4. The molecule has 0 radical (unpaired) electrons. The molecule has 0 atom stereocenters. The van der Waals surface area contributed by atoms with Gasteiger partial charge < -0.3 is 9.32 Å². The smallest absolute Gasteiger partial charge is 0.411 e. The van der Waals surface area contributed by atoms with E-state index in [-0.39, 0.29) is 16.9 Å². The monoisotopic (exact) mass is 453 g/mol. The number of alkyl halides is 3. The van der Waals surface area contributed by atoms with E-state index in [1.54, 1.807) is 24.3 Å². The SMILES string of the molecule is O=C(CSc1nnc(-c2ccc(Cl)cc2)o1)N1CCCc2cc(C(F)(F)F)ccc21. The second-order valence-electron chi connectivity index (χ2n) is 6.66. The van der Waals surface area contributed by atoms with E-state index in [9.17, 15) is 18.0 Å². The van der Waals surface area contributed by atoms with Crippen molar-refractivity contribution in [2.24, 2.45) is 0 Å². The van der Waals surface area contributed by atoms with Crippen LogP contribution < -0.4 is 4.90 Å². The molecular weight excluding hydrogens is 439 g/mol. The molecule has 1 amide bonds. The van der Waals surface area contributed by atoms with E-state index in [4.69, 9.17) is 16.0 Å². The molecule has 0 N–H and O–H groups in total. The Bertz CT molecular complexity index is 1070. The Hall–Kier alpha value is -2.52. The largest absolute Gasteiger partial charge is 0.416 e. The third-order valence-corrected chi connectivity index (χ3v) is 5.70. The molecule has 0 fully saturated rings. The lowest BCUT2D eigenvalue weighted by Crippen LogP contribution is -2.36. The highest BCUT2D eigenvalue weighted by molar-refractivity contribution is 7.99. The summed E-state index contributed by atoms with van der Waals surface area (Å²) in [5.41, 5.74) is 1.05. The number of nitrogens with zero attached hydrogens (tertiary/aromatic N) is 3. The molecule has 2 heterocycles. The first-order chi connectivity index (χ1) is 14.3. The zero-order chi connectivity index (χ0) is 21.3. The van der Waals surface area contributed by atoms with Crippen LogP contribution in [0.2, 0.25) is 5.02 Å². The van der Waals surface area contributed by atoms with Crippen LogP contribution in [0.1, 0.15) is 17.5 Å². The molecule has 2 aromatic carbocycles. The fourth-order valence-electron chi connectivity index (χ4n) is 3.21. The fraction of sp³-hybridized carbons (Fsp3) is 0.250. The third-order valence-electron chi connectivity index (χ3n) is 4.64. The van der Waals surface area contributed by atoms with Crippen LogP contribution in [0, 0.1) is 0 Å². The summed E-state index contributed by atoms with van der Waals surface area (Å²) in [4.78, 5) is 14.2. The number of aromatic nitrogens is 2. The van der Waals surface area contributed by atoms with Crippen molar-refractivity contribution in [3.8, 4) is 11.5 Å². The van der Waals surface area contributed by atoms with Crippen molar-refractivity contribution < 1.29 is 22.4 Å². The van der Waals surface area contributed by atoms with Gasteiger partial charge in [0.25, 0.3) is 5.22 Å². The molecule has 4 rings (SSSR count). The lowest BCUT2D eigenvalue weighted by atomic mass is 9.99. The zero-order valence-electron chi connectivity index (χ0n) is 15.4. The topological polar surface area (TPSA) is 59.2 Å². The molecule has 5 nitrogen and oxygen atoms in total. The molecule has 0 saturated heterocycles. The van der Waals surface area contributed by atoms with Crippen molar-refractivity contribution in [2.45, 2.75) is 24.2 Å². The molecule has 0 bridgehead atoms. The van der Waals surface area contributed by atoms with E-state index in [1.165, 1.54) is 11.0 Å². The Morgan fingerprint density at radius 2 is 1.93 bits per heavy atom. The zero-order valence-corrected chi connectivity index (χ0v) is 17.0. The normalized spacial score (nSPS) is 13.9. The minimum Gasteiger partial charge on any atom is -0.411 e. The van der Waals surface area contributed by atoms with Crippen LogP contribution >= 0.6 is 23.4 Å². The Labute approximate surface area is 179 Å². The number of hydrogen-bond donors (Lipinski definition) is 0. The number of fused-ring (bicyclic) bond motifs is 1. The first-order valence-electron chi connectivity index (χ1n) is 9.04. The van der Waals surface area contributed by atoms with Gasteiger partial charge in [0.2, 0.25) is 11.8 Å². The summed E-state index contributed by atoms with van der Waals surface area (Å²) < 4.78 is 44.4. The van der Waals surface area contributed by atoms with Crippen molar-refractivity contribution in [3.05, 3.63) is 58.6 Å². The van der Waals surface area contributed by atoms with Gasteiger partial charge in [0.1, 0.15) is 0 Å². The van der Waals surface area contributed by atoms with E-state index in [2.05, 4.69) is 10.2 Å². The average molecular weight is 454 g/mol. The second-order valence-corrected chi connectivity index (χ2v) is 8.02. The van der Waals surface area contributed by atoms with Crippen molar-refractivity contribution in [1.29, 1.82) is 0 Å². The highest BCUT2D eigenvalue weighted by Gasteiger charge is 2.32. The van der Waals surface area contributed by atoms with Crippen LogP contribution in [0.15, 0.2) is 52.1 Å². The highest BCUT2D eigenvalue weighted by Crippen LogP contribution is 2.35. The molecule has 1 aliphatic heterocycles. The number of aryl methyl sites for hydroxylation is 1. The number of amides is 1. The average Bonchev–Trinajstić information content (AvgIpc) is 3.20. The predicted octanol–water partition coefficient (Wildman–Crippen LogP) is 5.48. The Morgan fingerprint density at radius 3 is 2.67 bits per heavy atom. The molecule has 0 saturated carbocycles. The predicted molar refractivity (Wildman–Crippen MR) is 108 cm³/mol. The number of thioether (sulfide) groups is 1. The summed E-state index contributed by atoms with van der Waals surface area (Å²) in [5, 5.41) is 8.72. The first-order valence-corrected chi connectivity index (χ1v) is 10.4. The number of hydrogen-bond acceptors (Lipinski definition) is 5. The number of halogens is 4. The van der Waals surface area contributed by atoms with Gasteiger partial charge in [-0.3, -0.25) is 4.79 Å². The summed E-state index contributed by atoms with van der Waals surface area (Å²) in [5.74, 6) is 0.111. The van der Waals surface area contributed by atoms with Crippen molar-refractivity contribution in [3.63, 3.8) is 0 Å². The van der Waals surface area contributed by atoms with Gasteiger partial charge in [-0.1, -0.05) is 23.4 Å². The summed E-state index contributed by atoms with van der Waals surface area (Å²) in [6, 6.07) is 10.4. The van der Waals surface area contributed by atoms with E-state index in [1.807, 2.05) is 0 Å². The maximum absolute atomic E-state index is 13.0. The summed E-state index contributed by atoms with van der Waals surface area (Å²) in [6.45, 7) is 0.456. The van der Waals surface area contributed by atoms with Crippen LogP contribution in [0.4, 0.5) is 18.9 Å². The molecule has 10 heteroatoms. The quantitative estimate of drug-likeness (QED) is 0.489. The number of carbonyl (C=O) groups excluding carboxylic acids is 1. The molecule has 3 aromatic rings. The van der Waals surface area contributed by atoms with Crippen molar-refractivity contribution in [1.82, 2.24) is 10.2 Å². The Morgan fingerprint density at radius 1 is 1.17 bits per heavy atom. The highest BCUT2D eigenvalue weighted by atomic mass is 35.5. The van der Waals surface area contributed by atoms with Gasteiger partial charge in [0, 0.05) is 22.8 Å². The van der Waals surface area contributed by atoms with Crippen LogP contribution in [0.3, 0.4) is 0 Å². The Balaban J connectivity index is 1.44. The van der Waals surface area contributed by atoms with E-state index in [0.717, 1.165) is 23.9 Å². The van der Waals surface area contributed by atoms with Crippen LogP contribution in [-0.4, -0.2) is 28.4 Å². The minimum atomic E-state index is -4.41. The van der Waals surface area contributed by atoms with Gasteiger partial charge >= 0.3 is 6.18 Å². The maximum Gasteiger partial charge on any atom is 0.416 e. The van der Waals surface area contributed by atoms with Crippen LogP contribution in [0.25, 0.3) is 11.5 Å². The first kappa shape index (κ1) is 20.7. The molecule has 156 valence electrons. The van der Waals surface area contributed by atoms with Crippen LogP contribution in [-0.2, 0) is 17.4 Å². The standard InChI is InChI=1S/C20H15ClF3N3O2S/c21-15-6-3-12(4-7-15)18-25-26-19(29-18)30-11-17(28)27-9-1-2-13-10-14(20(22,23)24)5-8-16(13)27/h3-8,10H,1-2,9,11H2. The fourth-order valence-corrected chi connectivity index (χ4v) is 3.98. The third kappa shape index (κ3) is 4.46. The number of carbonyl (C=O) groups is 1. The van der Waals surface area contributed by atoms with Crippen molar-refractivity contribution >= 4 is 35.0 Å². The lowest BCUT2D eigenvalue weighted by molar-refractivity contribution is -0.137. The van der Waals surface area contributed by atoms with Crippen LogP contribution in [0.5, 0.6) is 0 Å². The van der Waals surface area contributed by atoms with E-state index < -0.39 is 11.7 Å². The van der Waals surface area contributed by atoms with Gasteiger partial charge in [-0.25, -0.2) is 0 Å². The van der Waals surface area contributed by atoms with Gasteiger partial charge in [-0.2, -0.15) is 13.2 Å². The Kier molecular flexibility index (Phi) is 5.75. The van der Waals surface area contributed by atoms with Gasteiger partial charge in [0.05, 0.1) is 11.3 Å². The minimum absolute atomic E-state index is 0.0305. The van der Waals surface area contributed by atoms with Crippen molar-refractivity contribution in [2.75, 3.05) is 17.2 Å². The maximum atomic E-state index is 13.0. The summed E-state index contributed by atoms with van der Waals surface area (Å²) >= 11 is 6.95. The molecule has 1 aromatic heterocycles. The van der Waals surface area contributed by atoms with E-state index in [0.29, 0.717) is 47.1 Å². The van der Waals surface area contributed by atoms with Gasteiger partial charge in [-0.15, -0.1) is 10.2 Å². The van der Waals surface area contributed by atoms with E-state index >= 15 is 0 Å². The molecule has 1 aliphatic rings. The molecular formula is C20H15ClF3N3O2S. The number of anilines is 1. The summed E-state index contributed by atoms with van der Waals surface area (Å²) in [7, 11) is 0. The second kappa shape index (κ2) is 8.31. The molecule has 30 heavy (non-hydrogen) atoms. The molecule has 0 aliphatic carbocycles.